The molecule has 18 heavy (non-hydrogen) atoms. The van der Waals surface area contributed by atoms with Gasteiger partial charge in [-0.25, -0.2) is 4.39 Å². The first-order chi connectivity index (χ1) is 8.74. The summed E-state index contributed by atoms with van der Waals surface area (Å²) in [5, 5.41) is 2.75. The summed E-state index contributed by atoms with van der Waals surface area (Å²) < 4.78 is 18.4. The number of nitrogens with one attached hydrogen (secondary N) is 1. The van der Waals surface area contributed by atoms with E-state index in [4.69, 9.17) is 4.74 Å². The Hall–Kier alpha value is -1.84. The van der Waals surface area contributed by atoms with Gasteiger partial charge >= 0.3 is 0 Å². The van der Waals surface area contributed by atoms with Crippen molar-refractivity contribution in [2.24, 2.45) is 0 Å². The van der Waals surface area contributed by atoms with Crippen LogP contribution < -0.4 is 10.1 Å². The van der Waals surface area contributed by atoms with Gasteiger partial charge in [-0.2, -0.15) is 0 Å². The van der Waals surface area contributed by atoms with Gasteiger partial charge in [0, 0.05) is 6.54 Å². The molecule has 1 amide bonds. The van der Waals surface area contributed by atoms with Crippen molar-refractivity contribution in [1.29, 1.82) is 0 Å². The molecule has 0 unspecified atom stereocenters. The number of rotatable bonds is 7. The van der Waals surface area contributed by atoms with Crippen molar-refractivity contribution in [3.63, 3.8) is 0 Å². The molecule has 0 bridgehead atoms. The first kappa shape index (κ1) is 14.2. The van der Waals surface area contributed by atoms with Crippen molar-refractivity contribution >= 4 is 5.91 Å². The number of hydrogen-bond acceptors (Lipinski definition) is 2. The van der Waals surface area contributed by atoms with Crippen LogP contribution in [0, 0.1) is 5.82 Å². The summed E-state index contributed by atoms with van der Waals surface area (Å²) in [6.45, 7) is 2.73. The fraction of sp³-hybridized carbons (Fsp3) is 0.357. The van der Waals surface area contributed by atoms with E-state index in [-0.39, 0.29) is 24.7 Å². The Morgan fingerprint density at radius 1 is 1.44 bits per heavy atom. The molecule has 4 heteroatoms. The smallest absolute Gasteiger partial charge is 0.223 e. The molecule has 1 aromatic carbocycles. The van der Waals surface area contributed by atoms with E-state index in [2.05, 4.69) is 5.32 Å². The first-order valence-electron chi connectivity index (χ1n) is 5.99. The predicted octanol–water partition coefficient (Wildman–Crippen LogP) is 2.68. The minimum absolute atomic E-state index is 0.0872. The van der Waals surface area contributed by atoms with E-state index in [1.165, 1.54) is 6.07 Å². The quantitative estimate of drug-likeness (QED) is 0.597. The first-order valence-corrected chi connectivity index (χ1v) is 5.99. The van der Waals surface area contributed by atoms with Crippen LogP contribution in [-0.2, 0) is 4.79 Å². The number of halogens is 1. The van der Waals surface area contributed by atoms with E-state index >= 15 is 0 Å². The van der Waals surface area contributed by atoms with Crippen LogP contribution >= 0.6 is 0 Å². The molecular formula is C14H18FNO2. The number of carbonyl (C=O) groups is 1. The van der Waals surface area contributed by atoms with Crippen molar-refractivity contribution in [1.82, 2.24) is 5.32 Å². The second-order valence-electron chi connectivity index (χ2n) is 3.74. The van der Waals surface area contributed by atoms with Crippen LogP contribution in [0.4, 0.5) is 4.39 Å². The highest BCUT2D eigenvalue weighted by Crippen LogP contribution is 2.15. The van der Waals surface area contributed by atoms with Crippen LogP contribution in [0.25, 0.3) is 0 Å². The standard InChI is InChI=1S/C14H18FNO2/c1-2-3-6-10-16-14(17)9-11-18-13-8-5-4-7-12(13)15/h2-5,7-8H,6,9-11H2,1H3,(H,16,17)/b3-2+. The fourth-order valence-electron chi connectivity index (χ4n) is 1.37. The van der Waals surface area contributed by atoms with Gasteiger partial charge in [-0.3, -0.25) is 4.79 Å². The third-order valence-electron chi connectivity index (χ3n) is 2.29. The maximum absolute atomic E-state index is 13.2. The molecule has 1 N–H and O–H groups in total. The highest BCUT2D eigenvalue weighted by atomic mass is 19.1. The lowest BCUT2D eigenvalue weighted by molar-refractivity contribution is -0.121. The number of amides is 1. The van der Waals surface area contributed by atoms with Gasteiger partial charge < -0.3 is 10.1 Å². The Balaban J connectivity index is 2.18. The van der Waals surface area contributed by atoms with E-state index in [0.717, 1.165) is 6.42 Å². The summed E-state index contributed by atoms with van der Waals surface area (Å²) >= 11 is 0. The molecule has 0 aliphatic heterocycles. The van der Waals surface area contributed by atoms with E-state index in [0.29, 0.717) is 6.54 Å². The Labute approximate surface area is 107 Å². The molecule has 0 atom stereocenters. The summed E-state index contributed by atoms with van der Waals surface area (Å²) in [5.41, 5.74) is 0. The van der Waals surface area contributed by atoms with Crippen molar-refractivity contribution in [2.75, 3.05) is 13.2 Å². The van der Waals surface area contributed by atoms with Crippen LogP contribution in [0.2, 0.25) is 0 Å². The number of para-hydroxylation sites is 1. The average Bonchev–Trinajstić information content (AvgIpc) is 2.37. The lowest BCUT2D eigenvalue weighted by atomic mass is 10.3. The maximum Gasteiger partial charge on any atom is 0.223 e. The van der Waals surface area contributed by atoms with Gasteiger partial charge in [-0.1, -0.05) is 24.3 Å². The number of carbonyl (C=O) groups excluding carboxylic acids is 1. The minimum Gasteiger partial charge on any atom is -0.490 e. The molecule has 0 aliphatic carbocycles. The van der Waals surface area contributed by atoms with Crippen LogP contribution in [0.1, 0.15) is 19.8 Å². The number of ether oxygens (including phenoxy) is 1. The van der Waals surface area contributed by atoms with Gasteiger partial charge in [0.25, 0.3) is 0 Å². The Morgan fingerprint density at radius 2 is 2.22 bits per heavy atom. The Bertz CT molecular complexity index is 405. The van der Waals surface area contributed by atoms with Gasteiger partial charge in [-0.05, 0) is 25.5 Å². The van der Waals surface area contributed by atoms with Gasteiger partial charge in [0.15, 0.2) is 11.6 Å². The van der Waals surface area contributed by atoms with Gasteiger partial charge in [0.05, 0.1) is 13.0 Å². The van der Waals surface area contributed by atoms with E-state index in [9.17, 15) is 9.18 Å². The normalized spacial score (nSPS) is 10.6. The largest absolute Gasteiger partial charge is 0.490 e. The predicted molar refractivity (Wildman–Crippen MR) is 69.0 cm³/mol. The van der Waals surface area contributed by atoms with Crippen molar-refractivity contribution in [2.45, 2.75) is 19.8 Å². The van der Waals surface area contributed by atoms with Crippen LogP contribution in [0.5, 0.6) is 5.75 Å². The average molecular weight is 251 g/mol. The maximum atomic E-state index is 13.2. The summed E-state index contributed by atoms with van der Waals surface area (Å²) in [7, 11) is 0. The summed E-state index contributed by atoms with van der Waals surface area (Å²) in [4.78, 5) is 11.4. The van der Waals surface area contributed by atoms with E-state index < -0.39 is 5.82 Å². The van der Waals surface area contributed by atoms with E-state index in [1.807, 2.05) is 19.1 Å². The zero-order chi connectivity index (χ0) is 13.2. The van der Waals surface area contributed by atoms with Crippen molar-refractivity contribution in [3.8, 4) is 5.75 Å². The highest BCUT2D eigenvalue weighted by Gasteiger charge is 2.03. The summed E-state index contributed by atoms with van der Waals surface area (Å²) in [5.74, 6) is -0.318. The molecule has 3 nitrogen and oxygen atoms in total. The molecule has 0 saturated heterocycles. The molecule has 98 valence electrons. The molecule has 1 aromatic rings. The zero-order valence-electron chi connectivity index (χ0n) is 10.5. The molecule has 0 spiro atoms. The lowest BCUT2D eigenvalue weighted by Gasteiger charge is -2.07. The minimum atomic E-state index is -0.411. The molecular weight excluding hydrogens is 233 g/mol. The van der Waals surface area contributed by atoms with Gasteiger partial charge in [0.2, 0.25) is 5.91 Å². The molecule has 0 aliphatic rings. The second kappa shape index (κ2) is 8.28. The molecule has 0 heterocycles. The van der Waals surface area contributed by atoms with Crippen molar-refractivity contribution < 1.29 is 13.9 Å². The van der Waals surface area contributed by atoms with Crippen LogP contribution in [0.15, 0.2) is 36.4 Å². The third kappa shape index (κ3) is 5.48. The van der Waals surface area contributed by atoms with E-state index in [1.54, 1.807) is 18.2 Å². The topological polar surface area (TPSA) is 38.3 Å². The molecule has 0 saturated carbocycles. The molecule has 0 radical (unpaired) electrons. The van der Waals surface area contributed by atoms with Crippen molar-refractivity contribution in [3.05, 3.63) is 42.2 Å². The zero-order valence-corrected chi connectivity index (χ0v) is 10.5. The lowest BCUT2D eigenvalue weighted by Crippen LogP contribution is -2.25. The fourth-order valence-corrected chi connectivity index (χ4v) is 1.37. The highest BCUT2D eigenvalue weighted by molar-refractivity contribution is 5.75. The number of hydrogen-bond donors (Lipinski definition) is 1. The number of benzene rings is 1. The third-order valence-corrected chi connectivity index (χ3v) is 2.29. The molecule has 1 rings (SSSR count). The second-order valence-corrected chi connectivity index (χ2v) is 3.74. The van der Waals surface area contributed by atoms with Gasteiger partial charge in [0.1, 0.15) is 0 Å². The SMILES string of the molecule is C/C=C/CCNC(=O)CCOc1ccccc1F. The number of allylic oxidation sites excluding steroid dienone is 1. The summed E-state index contributed by atoms with van der Waals surface area (Å²) in [6, 6.07) is 6.15. The Kier molecular flexibility index (Phi) is 6.54. The monoisotopic (exact) mass is 251 g/mol. The van der Waals surface area contributed by atoms with Gasteiger partial charge in [-0.15, -0.1) is 0 Å². The summed E-state index contributed by atoms with van der Waals surface area (Å²) in [6.07, 6.45) is 4.96. The molecule has 0 fully saturated rings. The Morgan fingerprint density at radius 3 is 2.94 bits per heavy atom. The van der Waals surface area contributed by atoms with Crippen LogP contribution in [0.3, 0.4) is 0 Å². The molecule has 0 aromatic heterocycles. The van der Waals surface area contributed by atoms with Crippen LogP contribution in [-0.4, -0.2) is 19.1 Å².